The number of fused-ring (bicyclic) bond motifs is 1. The van der Waals surface area contributed by atoms with Gasteiger partial charge in [0.15, 0.2) is 0 Å². The predicted molar refractivity (Wildman–Crippen MR) is 132 cm³/mol. The second-order valence-corrected chi connectivity index (χ2v) is 10.4. The van der Waals surface area contributed by atoms with E-state index in [1.54, 1.807) is 35.0 Å². The van der Waals surface area contributed by atoms with E-state index in [-0.39, 0.29) is 4.90 Å². The SMILES string of the molecule is CN(C)S(=O)(=O)c1ccc(-c2ccc3cnc(Nc4ccc(N5CCOCC5)cc4)nn23)cc1. The van der Waals surface area contributed by atoms with Crippen molar-refractivity contribution in [3.05, 3.63) is 66.9 Å². The molecule has 1 saturated heterocycles. The van der Waals surface area contributed by atoms with Crippen molar-refractivity contribution in [3.8, 4) is 11.3 Å². The second kappa shape index (κ2) is 9.05. The second-order valence-electron chi connectivity index (χ2n) is 8.22. The number of hydrogen-bond donors (Lipinski definition) is 1. The van der Waals surface area contributed by atoms with Crippen molar-refractivity contribution in [1.82, 2.24) is 18.9 Å². The molecule has 1 aliphatic heterocycles. The van der Waals surface area contributed by atoms with Gasteiger partial charge in [-0.2, -0.15) is 0 Å². The van der Waals surface area contributed by atoms with Gasteiger partial charge in [-0.25, -0.2) is 22.2 Å². The first-order chi connectivity index (χ1) is 16.4. The summed E-state index contributed by atoms with van der Waals surface area (Å²) >= 11 is 0. The molecular formula is C24H26N6O3S. The number of ether oxygens (including phenoxy) is 1. The maximum Gasteiger partial charge on any atom is 0.245 e. The molecule has 0 spiro atoms. The highest BCUT2D eigenvalue weighted by molar-refractivity contribution is 7.89. The molecule has 10 heteroatoms. The molecule has 0 saturated carbocycles. The van der Waals surface area contributed by atoms with Gasteiger partial charge in [0.1, 0.15) is 0 Å². The quantitative estimate of drug-likeness (QED) is 0.455. The lowest BCUT2D eigenvalue weighted by Gasteiger charge is -2.28. The van der Waals surface area contributed by atoms with Crippen molar-refractivity contribution < 1.29 is 13.2 Å². The van der Waals surface area contributed by atoms with E-state index in [1.807, 2.05) is 24.3 Å². The van der Waals surface area contributed by atoms with Crippen LogP contribution in [0, 0.1) is 0 Å². The number of rotatable bonds is 6. The number of hydrogen-bond acceptors (Lipinski definition) is 7. The molecule has 4 aromatic rings. The zero-order valence-electron chi connectivity index (χ0n) is 19.0. The average Bonchev–Trinajstić information content (AvgIpc) is 3.28. The minimum atomic E-state index is -3.48. The van der Waals surface area contributed by atoms with E-state index in [2.05, 4.69) is 32.4 Å². The van der Waals surface area contributed by atoms with Crippen molar-refractivity contribution in [3.63, 3.8) is 0 Å². The molecule has 1 fully saturated rings. The van der Waals surface area contributed by atoms with Gasteiger partial charge in [0.05, 0.1) is 35.5 Å². The lowest BCUT2D eigenvalue weighted by Crippen LogP contribution is -2.36. The third-order valence-electron chi connectivity index (χ3n) is 5.83. The van der Waals surface area contributed by atoms with Crippen LogP contribution >= 0.6 is 0 Å². The molecule has 0 atom stereocenters. The third-order valence-corrected chi connectivity index (χ3v) is 7.66. The number of nitrogens with zero attached hydrogens (tertiary/aromatic N) is 5. The topological polar surface area (TPSA) is 92.1 Å². The molecule has 1 aliphatic rings. The van der Waals surface area contributed by atoms with Crippen LogP contribution in [0.1, 0.15) is 0 Å². The van der Waals surface area contributed by atoms with Gasteiger partial charge in [-0.3, -0.25) is 0 Å². The minimum absolute atomic E-state index is 0.250. The largest absolute Gasteiger partial charge is 0.378 e. The lowest BCUT2D eigenvalue weighted by molar-refractivity contribution is 0.122. The van der Waals surface area contributed by atoms with E-state index >= 15 is 0 Å². The van der Waals surface area contributed by atoms with Gasteiger partial charge in [-0.15, -0.1) is 5.10 Å². The van der Waals surface area contributed by atoms with Gasteiger partial charge < -0.3 is 15.0 Å². The Morgan fingerprint density at radius 1 is 0.941 bits per heavy atom. The van der Waals surface area contributed by atoms with Gasteiger partial charge in [0, 0.05) is 44.1 Å². The van der Waals surface area contributed by atoms with E-state index in [0.717, 1.165) is 54.5 Å². The van der Waals surface area contributed by atoms with Crippen LogP contribution in [0.3, 0.4) is 0 Å². The van der Waals surface area contributed by atoms with Crippen LogP contribution in [0.25, 0.3) is 16.8 Å². The molecule has 5 rings (SSSR count). The third kappa shape index (κ3) is 4.35. The summed E-state index contributed by atoms with van der Waals surface area (Å²) in [6.45, 7) is 3.29. The molecule has 0 aliphatic carbocycles. The van der Waals surface area contributed by atoms with Crippen LogP contribution < -0.4 is 10.2 Å². The predicted octanol–water partition coefficient (Wildman–Crippen LogP) is 3.23. The van der Waals surface area contributed by atoms with Crippen molar-refractivity contribution in [2.75, 3.05) is 50.6 Å². The van der Waals surface area contributed by atoms with Gasteiger partial charge in [-0.05, 0) is 48.5 Å². The Hall–Kier alpha value is -3.47. The smallest absolute Gasteiger partial charge is 0.245 e. The average molecular weight is 479 g/mol. The van der Waals surface area contributed by atoms with Crippen molar-refractivity contribution in [2.45, 2.75) is 4.90 Å². The summed E-state index contributed by atoms with van der Waals surface area (Å²) in [6.07, 6.45) is 1.76. The van der Waals surface area contributed by atoms with E-state index < -0.39 is 10.0 Å². The molecule has 0 bridgehead atoms. The molecule has 2 aromatic carbocycles. The highest BCUT2D eigenvalue weighted by Crippen LogP contribution is 2.25. The summed E-state index contributed by atoms with van der Waals surface area (Å²) in [4.78, 5) is 6.98. The fourth-order valence-electron chi connectivity index (χ4n) is 3.89. The van der Waals surface area contributed by atoms with E-state index in [9.17, 15) is 8.42 Å². The van der Waals surface area contributed by atoms with E-state index in [0.29, 0.717) is 5.95 Å². The van der Waals surface area contributed by atoms with Gasteiger partial charge in [0.2, 0.25) is 16.0 Å². The Balaban J connectivity index is 1.38. The first-order valence-corrected chi connectivity index (χ1v) is 12.4. The number of nitrogens with one attached hydrogen (secondary N) is 1. The number of sulfonamides is 1. The van der Waals surface area contributed by atoms with Crippen LogP contribution in [0.4, 0.5) is 17.3 Å². The summed E-state index contributed by atoms with van der Waals surface area (Å²) in [6, 6.07) is 18.9. The first-order valence-electron chi connectivity index (χ1n) is 11.0. The number of morpholine rings is 1. The Bertz CT molecular complexity index is 1390. The van der Waals surface area contributed by atoms with Crippen LogP contribution in [-0.2, 0) is 14.8 Å². The summed E-state index contributed by atoms with van der Waals surface area (Å²) in [5.74, 6) is 0.468. The van der Waals surface area contributed by atoms with Gasteiger partial charge in [0.25, 0.3) is 0 Å². The first kappa shape index (κ1) is 22.3. The molecule has 1 N–H and O–H groups in total. The van der Waals surface area contributed by atoms with Crippen LogP contribution in [0.2, 0.25) is 0 Å². The maximum atomic E-state index is 12.4. The zero-order valence-corrected chi connectivity index (χ0v) is 19.9. The number of benzene rings is 2. The van der Waals surface area contributed by atoms with Crippen LogP contribution in [-0.4, -0.2) is 67.7 Å². The van der Waals surface area contributed by atoms with Crippen LogP contribution in [0.5, 0.6) is 0 Å². The van der Waals surface area contributed by atoms with Crippen LogP contribution in [0.15, 0.2) is 71.8 Å². The normalized spacial score (nSPS) is 14.6. The zero-order chi connectivity index (χ0) is 23.7. The van der Waals surface area contributed by atoms with Gasteiger partial charge >= 0.3 is 0 Å². The Kier molecular flexibility index (Phi) is 5.94. The summed E-state index contributed by atoms with van der Waals surface area (Å²) < 4.78 is 33.1. The van der Waals surface area contributed by atoms with Crippen molar-refractivity contribution >= 4 is 32.9 Å². The molecule has 34 heavy (non-hydrogen) atoms. The van der Waals surface area contributed by atoms with Crippen molar-refractivity contribution in [1.29, 1.82) is 0 Å². The summed E-state index contributed by atoms with van der Waals surface area (Å²) in [5, 5.41) is 7.92. The molecule has 0 amide bonds. The monoisotopic (exact) mass is 478 g/mol. The summed E-state index contributed by atoms with van der Waals surface area (Å²) in [5.41, 5.74) is 4.60. The standard InChI is InChI=1S/C24H26N6O3S/c1-28(2)34(31,32)22-10-3-18(4-11-22)23-12-9-21-17-25-24(27-30(21)23)26-19-5-7-20(8-6-19)29-13-15-33-16-14-29/h3-12,17H,13-16H2,1-2H3,(H,26,27). The Morgan fingerprint density at radius 3 is 2.32 bits per heavy atom. The number of anilines is 3. The fourth-order valence-corrected chi connectivity index (χ4v) is 4.79. The Labute approximate surface area is 198 Å². The highest BCUT2D eigenvalue weighted by atomic mass is 32.2. The van der Waals surface area contributed by atoms with E-state index in [4.69, 9.17) is 4.74 Å². The lowest BCUT2D eigenvalue weighted by atomic mass is 10.2. The molecule has 176 valence electrons. The summed E-state index contributed by atoms with van der Waals surface area (Å²) in [7, 11) is -0.437. The minimum Gasteiger partial charge on any atom is -0.378 e. The Morgan fingerprint density at radius 2 is 1.65 bits per heavy atom. The molecule has 9 nitrogen and oxygen atoms in total. The number of aromatic nitrogens is 3. The molecule has 0 unspecified atom stereocenters. The van der Waals surface area contributed by atoms with Gasteiger partial charge in [-0.1, -0.05) is 12.1 Å². The molecule has 2 aromatic heterocycles. The molecular weight excluding hydrogens is 452 g/mol. The maximum absolute atomic E-state index is 12.4. The molecule has 3 heterocycles. The highest BCUT2D eigenvalue weighted by Gasteiger charge is 2.17. The van der Waals surface area contributed by atoms with Crippen molar-refractivity contribution in [2.24, 2.45) is 0 Å². The fraction of sp³-hybridized carbons (Fsp3) is 0.250. The molecule has 0 radical (unpaired) electrons. The van der Waals surface area contributed by atoms with E-state index in [1.165, 1.54) is 18.4 Å².